The third kappa shape index (κ3) is 4.74. The number of ether oxygens (including phenoxy) is 4. The molecule has 0 aromatic heterocycles. The molecule has 0 unspecified atom stereocenters. The van der Waals surface area contributed by atoms with Crippen molar-refractivity contribution in [3.05, 3.63) is 36.4 Å². The van der Waals surface area contributed by atoms with Gasteiger partial charge in [0.15, 0.2) is 0 Å². The predicted octanol–water partition coefficient (Wildman–Crippen LogP) is 1.80. The van der Waals surface area contributed by atoms with Crippen LogP contribution in [0.1, 0.15) is 6.92 Å². The predicted molar refractivity (Wildman–Crippen MR) is 121 cm³/mol. The molecule has 33 heavy (non-hydrogen) atoms. The van der Waals surface area contributed by atoms with Crippen LogP contribution in [0, 0.1) is 0 Å². The van der Waals surface area contributed by atoms with E-state index >= 15 is 0 Å². The van der Waals surface area contributed by atoms with Gasteiger partial charge >= 0.3 is 0 Å². The van der Waals surface area contributed by atoms with E-state index in [0.29, 0.717) is 11.5 Å². The molecule has 182 valence electrons. The summed E-state index contributed by atoms with van der Waals surface area (Å²) in [6, 6.07) is 8.40. The zero-order chi connectivity index (χ0) is 24.4. The van der Waals surface area contributed by atoms with E-state index in [9.17, 15) is 16.8 Å². The summed E-state index contributed by atoms with van der Waals surface area (Å²) in [7, 11) is -2.29. The summed E-state index contributed by atoms with van der Waals surface area (Å²) in [5.74, 6) is 1.10. The van der Waals surface area contributed by atoms with Gasteiger partial charge in [-0.05, 0) is 31.2 Å². The number of hydrogen-bond acceptors (Lipinski definition) is 8. The summed E-state index contributed by atoms with van der Waals surface area (Å²) in [6.07, 6.45) is 0. The second-order valence-corrected chi connectivity index (χ2v) is 11.1. The first-order valence-electron chi connectivity index (χ1n) is 10.1. The minimum atomic E-state index is -3.98. The highest BCUT2D eigenvalue weighted by atomic mass is 32.2. The van der Waals surface area contributed by atoms with Gasteiger partial charge in [0.2, 0.25) is 20.0 Å². The van der Waals surface area contributed by atoms with Crippen LogP contribution < -0.4 is 18.9 Å². The first kappa shape index (κ1) is 25.1. The number of piperazine rings is 1. The summed E-state index contributed by atoms with van der Waals surface area (Å²) in [4.78, 5) is -0.0794. The molecule has 1 fully saturated rings. The molecule has 2 aromatic carbocycles. The van der Waals surface area contributed by atoms with Crippen LogP contribution in [0.5, 0.6) is 23.0 Å². The number of nitrogens with zero attached hydrogens (tertiary/aromatic N) is 2. The summed E-state index contributed by atoms with van der Waals surface area (Å²) in [5, 5.41) is 0. The van der Waals surface area contributed by atoms with Crippen molar-refractivity contribution in [2.75, 3.05) is 48.1 Å². The Hall–Kier alpha value is -2.54. The molecule has 0 spiro atoms. The lowest BCUT2D eigenvalue weighted by atomic mass is 10.3. The molecule has 1 saturated heterocycles. The second kappa shape index (κ2) is 9.75. The van der Waals surface area contributed by atoms with Gasteiger partial charge in [-0.25, -0.2) is 16.8 Å². The SMILES string of the molecule is COc1ccc(OC)c(S(=O)(=O)N2CCN(S(=O)(=O)c3cc(OC)ccc3OC)[C@@H](C)C2)c1. The van der Waals surface area contributed by atoms with Crippen molar-refractivity contribution < 1.29 is 35.8 Å². The van der Waals surface area contributed by atoms with Gasteiger partial charge in [-0.15, -0.1) is 0 Å². The molecule has 12 heteroatoms. The molecule has 1 atom stereocenters. The maximum absolute atomic E-state index is 13.4. The van der Waals surface area contributed by atoms with E-state index in [1.54, 1.807) is 19.1 Å². The second-order valence-electron chi connectivity index (χ2n) is 7.36. The molecule has 10 nitrogen and oxygen atoms in total. The van der Waals surface area contributed by atoms with Crippen LogP contribution >= 0.6 is 0 Å². The topological polar surface area (TPSA) is 112 Å². The molecule has 0 radical (unpaired) electrons. The summed E-state index contributed by atoms with van der Waals surface area (Å²) in [6.45, 7) is 1.57. The van der Waals surface area contributed by atoms with Crippen molar-refractivity contribution in [3.63, 3.8) is 0 Å². The van der Waals surface area contributed by atoms with Crippen LogP contribution in [-0.2, 0) is 20.0 Å². The molecule has 0 aliphatic carbocycles. The third-order valence-electron chi connectivity index (χ3n) is 5.48. The Morgan fingerprint density at radius 1 is 0.727 bits per heavy atom. The van der Waals surface area contributed by atoms with Crippen molar-refractivity contribution in [1.82, 2.24) is 8.61 Å². The van der Waals surface area contributed by atoms with Crippen molar-refractivity contribution in [2.24, 2.45) is 0 Å². The van der Waals surface area contributed by atoms with Crippen molar-refractivity contribution >= 4 is 20.0 Å². The van der Waals surface area contributed by atoms with E-state index in [1.807, 2.05) is 0 Å². The van der Waals surface area contributed by atoms with Gasteiger partial charge in [0.05, 0.1) is 28.4 Å². The average Bonchev–Trinajstić information content (AvgIpc) is 2.82. The minimum Gasteiger partial charge on any atom is -0.497 e. The Morgan fingerprint density at radius 2 is 1.21 bits per heavy atom. The molecule has 0 saturated carbocycles. The van der Waals surface area contributed by atoms with Crippen LogP contribution in [0.2, 0.25) is 0 Å². The molecule has 0 amide bonds. The molecule has 1 heterocycles. The first-order valence-corrected chi connectivity index (χ1v) is 12.9. The fraction of sp³-hybridized carbons (Fsp3) is 0.429. The van der Waals surface area contributed by atoms with Gasteiger partial charge in [-0.3, -0.25) is 0 Å². The Kier molecular flexibility index (Phi) is 7.42. The van der Waals surface area contributed by atoms with E-state index < -0.39 is 26.1 Å². The van der Waals surface area contributed by atoms with Crippen molar-refractivity contribution in [1.29, 1.82) is 0 Å². The van der Waals surface area contributed by atoms with Crippen molar-refractivity contribution in [3.8, 4) is 23.0 Å². The lowest BCUT2D eigenvalue weighted by molar-refractivity contribution is 0.211. The molecule has 2 aromatic rings. The van der Waals surface area contributed by atoms with Crippen LogP contribution in [0.4, 0.5) is 0 Å². The lowest BCUT2D eigenvalue weighted by Gasteiger charge is -2.38. The Bertz CT molecular complexity index is 1210. The summed E-state index contributed by atoms with van der Waals surface area (Å²) >= 11 is 0. The van der Waals surface area contributed by atoms with Gasteiger partial charge in [0, 0.05) is 37.8 Å². The molecule has 0 N–H and O–H groups in total. The zero-order valence-electron chi connectivity index (χ0n) is 19.1. The highest BCUT2D eigenvalue weighted by Crippen LogP contribution is 2.35. The van der Waals surface area contributed by atoms with E-state index in [4.69, 9.17) is 18.9 Å². The quantitative estimate of drug-likeness (QED) is 0.540. The van der Waals surface area contributed by atoms with Crippen molar-refractivity contribution in [2.45, 2.75) is 22.8 Å². The number of benzene rings is 2. The molecule has 1 aliphatic heterocycles. The van der Waals surface area contributed by atoms with E-state index in [-0.39, 0.29) is 40.9 Å². The summed E-state index contributed by atoms with van der Waals surface area (Å²) < 4.78 is 77.0. The fourth-order valence-corrected chi connectivity index (χ4v) is 7.19. The highest BCUT2D eigenvalue weighted by Gasteiger charge is 2.40. The third-order valence-corrected chi connectivity index (χ3v) is 9.40. The average molecular weight is 501 g/mol. The Morgan fingerprint density at radius 3 is 1.64 bits per heavy atom. The monoisotopic (exact) mass is 500 g/mol. The summed E-state index contributed by atoms with van der Waals surface area (Å²) in [5.41, 5.74) is 0. The van der Waals surface area contributed by atoms with Crippen LogP contribution in [0.25, 0.3) is 0 Å². The molecule has 3 rings (SSSR count). The fourth-order valence-electron chi connectivity index (χ4n) is 3.72. The molecule has 0 bridgehead atoms. The Labute approximate surface area is 194 Å². The Balaban J connectivity index is 1.91. The smallest absolute Gasteiger partial charge is 0.247 e. The van der Waals surface area contributed by atoms with Gasteiger partial charge in [-0.2, -0.15) is 8.61 Å². The first-order chi connectivity index (χ1) is 15.6. The zero-order valence-corrected chi connectivity index (χ0v) is 20.8. The van der Waals surface area contributed by atoms with Crippen LogP contribution in [0.3, 0.4) is 0 Å². The van der Waals surface area contributed by atoms with Gasteiger partial charge < -0.3 is 18.9 Å². The standard InChI is InChI=1S/C21H28N2O8S2/c1-15-14-22(32(24,25)20-12-16(28-2)6-8-18(20)30-4)10-11-23(15)33(26,27)21-13-17(29-3)7-9-19(21)31-5/h6-9,12-13,15H,10-11,14H2,1-5H3/t15-/m0/s1. The maximum Gasteiger partial charge on any atom is 0.247 e. The number of hydrogen-bond donors (Lipinski definition) is 0. The molecule has 1 aliphatic rings. The van der Waals surface area contributed by atoms with Gasteiger partial charge in [0.1, 0.15) is 32.8 Å². The molecular weight excluding hydrogens is 472 g/mol. The van der Waals surface area contributed by atoms with Gasteiger partial charge in [0.25, 0.3) is 0 Å². The number of rotatable bonds is 8. The number of methoxy groups -OCH3 is 4. The number of sulfonamides is 2. The normalized spacial score (nSPS) is 18.0. The van der Waals surface area contributed by atoms with E-state index in [0.717, 1.165) is 0 Å². The van der Waals surface area contributed by atoms with E-state index in [1.165, 1.54) is 61.3 Å². The molecular formula is C21H28N2O8S2. The van der Waals surface area contributed by atoms with E-state index in [2.05, 4.69) is 0 Å². The van der Waals surface area contributed by atoms with Crippen LogP contribution in [0.15, 0.2) is 46.2 Å². The lowest BCUT2D eigenvalue weighted by Crippen LogP contribution is -2.55. The van der Waals surface area contributed by atoms with Gasteiger partial charge in [-0.1, -0.05) is 0 Å². The highest BCUT2D eigenvalue weighted by molar-refractivity contribution is 7.89. The largest absolute Gasteiger partial charge is 0.497 e. The minimum absolute atomic E-state index is 0.0292. The van der Waals surface area contributed by atoms with Crippen LogP contribution in [-0.4, -0.2) is 79.6 Å². The maximum atomic E-state index is 13.4.